The number of rotatable bonds is 1. The van der Waals surface area contributed by atoms with Crippen molar-refractivity contribution in [2.45, 2.75) is 0 Å². The first-order valence-electron chi connectivity index (χ1n) is 2.96. The lowest BCUT2D eigenvalue weighted by atomic mass is 10.2. The summed E-state index contributed by atoms with van der Waals surface area (Å²) < 4.78 is 0. The zero-order valence-corrected chi connectivity index (χ0v) is 7.28. The molecular formula is C8H6ClOS. The minimum Gasteiger partial charge on any atom is -0.282 e. The molecule has 57 valence electrons. The van der Waals surface area contributed by atoms with Gasteiger partial charge in [-0.2, -0.15) is 0 Å². The van der Waals surface area contributed by atoms with E-state index in [0.29, 0.717) is 10.6 Å². The van der Waals surface area contributed by atoms with Crippen molar-refractivity contribution < 1.29 is 4.79 Å². The zero-order valence-electron chi connectivity index (χ0n) is 5.71. The van der Waals surface area contributed by atoms with Crippen LogP contribution in [-0.4, -0.2) is 5.12 Å². The highest BCUT2D eigenvalue weighted by Gasteiger charge is 2.01. The molecule has 1 aromatic carbocycles. The fourth-order valence-electron chi connectivity index (χ4n) is 0.669. The Morgan fingerprint density at radius 3 is 2.36 bits per heavy atom. The average Bonchev–Trinajstić information content (AvgIpc) is 2.05. The van der Waals surface area contributed by atoms with Gasteiger partial charge < -0.3 is 0 Å². The third-order valence-corrected chi connectivity index (χ3v) is 1.96. The zero-order chi connectivity index (χ0) is 8.27. The van der Waals surface area contributed by atoms with Crippen LogP contribution < -0.4 is 0 Å². The van der Waals surface area contributed by atoms with E-state index in [9.17, 15) is 4.79 Å². The Bertz CT molecular complexity index is 255. The maximum atomic E-state index is 11.0. The lowest BCUT2D eigenvalue weighted by molar-refractivity contribution is 0.108. The molecular weight excluding hydrogens is 180 g/mol. The molecule has 0 spiro atoms. The molecule has 11 heavy (non-hydrogen) atoms. The average molecular weight is 186 g/mol. The molecule has 0 aliphatic heterocycles. The number of hydrogen-bond acceptors (Lipinski definition) is 2. The van der Waals surface area contributed by atoms with Gasteiger partial charge in [-0.15, -0.1) is 0 Å². The maximum Gasteiger partial charge on any atom is 0.219 e. The van der Waals surface area contributed by atoms with Crippen LogP contribution in [0.3, 0.4) is 0 Å². The Morgan fingerprint density at radius 1 is 1.36 bits per heavy atom. The van der Waals surface area contributed by atoms with Gasteiger partial charge in [-0.3, -0.25) is 4.79 Å². The Morgan fingerprint density at radius 2 is 1.91 bits per heavy atom. The molecule has 0 aromatic heterocycles. The van der Waals surface area contributed by atoms with Crippen LogP contribution in [0.4, 0.5) is 0 Å². The fourth-order valence-corrected chi connectivity index (χ4v) is 1.10. The quantitative estimate of drug-likeness (QED) is 0.669. The Balaban J connectivity index is 2.90. The van der Waals surface area contributed by atoms with E-state index in [2.05, 4.69) is 6.26 Å². The number of carbonyl (C=O) groups excluding carboxylic acids is 1. The van der Waals surface area contributed by atoms with Gasteiger partial charge in [-0.25, -0.2) is 0 Å². The standard InChI is InChI=1S/C8H6ClOS/c1-11-8(10)6-2-4-7(9)5-3-6/h2-5H,1H2. The van der Waals surface area contributed by atoms with Crippen LogP contribution in [0.25, 0.3) is 0 Å². The van der Waals surface area contributed by atoms with Crippen molar-refractivity contribution in [1.82, 2.24) is 0 Å². The molecule has 1 radical (unpaired) electrons. The molecule has 3 heteroatoms. The molecule has 1 nitrogen and oxygen atoms in total. The minimum atomic E-state index is -0.0401. The Hall–Kier alpha value is -0.470. The molecule has 0 N–H and O–H groups in total. The normalized spacial score (nSPS) is 9.64. The number of halogens is 1. The summed E-state index contributed by atoms with van der Waals surface area (Å²) in [7, 11) is 0. The maximum absolute atomic E-state index is 11.0. The van der Waals surface area contributed by atoms with Crippen LogP contribution in [0.15, 0.2) is 24.3 Å². The van der Waals surface area contributed by atoms with Crippen molar-refractivity contribution in [1.29, 1.82) is 0 Å². The van der Waals surface area contributed by atoms with Gasteiger partial charge in [0.25, 0.3) is 0 Å². The third kappa shape index (κ3) is 2.24. The molecule has 0 heterocycles. The van der Waals surface area contributed by atoms with E-state index in [1.807, 2.05) is 0 Å². The molecule has 0 saturated carbocycles. The Labute approximate surface area is 74.7 Å². The smallest absolute Gasteiger partial charge is 0.219 e. The van der Waals surface area contributed by atoms with Crippen molar-refractivity contribution in [2.75, 3.05) is 0 Å². The highest BCUT2D eigenvalue weighted by Crippen LogP contribution is 2.14. The summed E-state index contributed by atoms with van der Waals surface area (Å²) in [6, 6.07) is 6.74. The van der Waals surface area contributed by atoms with Crippen LogP contribution in [0.5, 0.6) is 0 Å². The molecule has 0 saturated heterocycles. The van der Waals surface area contributed by atoms with Gasteiger partial charge >= 0.3 is 0 Å². The van der Waals surface area contributed by atoms with E-state index >= 15 is 0 Å². The van der Waals surface area contributed by atoms with Crippen LogP contribution in [0.2, 0.25) is 5.02 Å². The van der Waals surface area contributed by atoms with Gasteiger partial charge in [0, 0.05) is 16.8 Å². The Kier molecular flexibility index (Phi) is 2.97. The lowest BCUT2D eigenvalue weighted by Crippen LogP contribution is -1.89. The van der Waals surface area contributed by atoms with E-state index in [-0.39, 0.29) is 5.12 Å². The summed E-state index contributed by atoms with van der Waals surface area (Å²) in [5.41, 5.74) is 0.634. The van der Waals surface area contributed by atoms with Crippen molar-refractivity contribution >= 4 is 28.5 Å². The highest BCUT2D eigenvalue weighted by molar-refractivity contribution is 8.15. The molecule has 0 aliphatic carbocycles. The molecule has 0 amide bonds. The number of benzene rings is 1. The fraction of sp³-hybridized carbons (Fsp3) is 0. The largest absolute Gasteiger partial charge is 0.282 e. The molecule has 0 fully saturated rings. The van der Waals surface area contributed by atoms with Crippen molar-refractivity contribution in [3.63, 3.8) is 0 Å². The van der Waals surface area contributed by atoms with Gasteiger partial charge in [-0.05, 0) is 24.3 Å². The van der Waals surface area contributed by atoms with Crippen LogP contribution >= 0.6 is 23.4 Å². The first-order chi connectivity index (χ1) is 5.24. The summed E-state index contributed by atoms with van der Waals surface area (Å²) in [6.07, 6.45) is 3.42. The van der Waals surface area contributed by atoms with Crippen molar-refractivity contribution in [3.05, 3.63) is 41.1 Å². The summed E-state index contributed by atoms with van der Waals surface area (Å²) in [6.45, 7) is 0. The van der Waals surface area contributed by atoms with Gasteiger partial charge in [0.05, 0.1) is 0 Å². The molecule has 0 atom stereocenters. The lowest BCUT2D eigenvalue weighted by Gasteiger charge is -1.95. The predicted molar refractivity (Wildman–Crippen MR) is 48.7 cm³/mol. The van der Waals surface area contributed by atoms with E-state index < -0.39 is 0 Å². The minimum absolute atomic E-state index is 0.0401. The summed E-state index contributed by atoms with van der Waals surface area (Å²) >= 11 is 6.58. The van der Waals surface area contributed by atoms with Gasteiger partial charge in [0.1, 0.15) is 0 Å². The SMILES string of the molecule is [CH2]SC(=O)c1ccc(Cl)cc1. The molecule has 1 rings (SSSR count). The predicted octanol–water partition coefficient (Wildman–Crippen LogP) is 3.00. The van der Waals surface area contributed by atoms with Gasteiger partial charge in [0.2, 0.25) is 5.12 Å². The van der Waals surface area contributed by atoms with E-state index in [0.717, 1.165) is 11.8 Å². The topological polar surface area (TPSA) is 17.1 Å². The van der Waals surface area contributed by atoms with Crippen molar-refractivity contribution in [2.24, 2.45) is 0 Å². The first kappa shape index (κ1) is 8.62. The monoisotopic (exact) mass is 185 g/mol. The summed E-state index contributed by atoms with van der Waals surface area (Å²) in [5, 5.41) is 0.595. The van der Waals surface area contributed by atoms with Crippen molar-refractivity contribution in [3.8, 4) is 0 Å². The highest BCUT2D eigenvalue weighted by atomic mass is 35.5. The van der Waals surface area contributed by atoms with E-state index in [4.69, 9.17) is 11.6 Å². The van der Waals surface area contributed by atoms with Crippen LogP contribution in [0, 0.1) is 6.26 Å². The van der Waals surface area contributed by atoms with E-state index in [1.54, 1.807) is 24.3 Å². The second-order valence-corrected chi connectivity index (χ2v) is 3.03. The van der Waals surface area contributed by atoms with Crippen LogP contribution in [-0.2, 0) is 0 Å². The molecule has 0 aliphatic rings. The molecule has 0 unspecified atom stereocenters. The van der Waals surface area contributed by atoms with Crippen LogP contribution in [0.1, 0.15) is 10.4 Å². The molecule has 0 bridgehead atoms. The van der Waals surface area contributed by atoms with Gasteiger partial charge in [0.15, 0.2) is 0 Å². The molecule has 1 aromatic rings. The van der Waals surface area contributed by atoms with Gasteiger partial charge in [-0.1, -0.05) is 23.4 Å². The first-order valence-corrected chi connectivity index (χ1v) is 4.32. The summed E-state index contributed by atoms with van der Waals surface area (Å²) in [5.74, 6) is 0. The van der Waals surface area contributed by atoms with E-state index in [1.165, 1.54) is 0 Å². The number of carbonyl (C=O) groups is 1. The number of thioether (sulfide) groups is 1. The third-order valence-electron chi connectivity index (χ3n) is 1.21. The summed E-state index contributed by atoms with van der Waals surface area (Å²) in [4.78, 5) is 11.0. The second-order valence-electron chi connectivity index (χ2n) is 1.94. The second kappa shape index (κ2) is 3.79. The number of hydrogen-bond donors (Lipinski definition) is 0.